The molecule has 0 bridgehead atoms. The van der Waals surface area contributed by atoms with Gasteiger partial charge in [-0.05, 0) is 26.0 Å². The van der Waals surface area contributed by atoms with Gasteiger partial charge in [-0.15, -0.1) is 0 Å². The number of hydrogen-bond acceptors (Lipinski definition) is 3. The van der Waals surface area contributed by atoms with Gasteiger partial charge in [0, 0.05) is 19.0 Å². The Bertz CT molecular complexity index is 499. The second-order valence-electron chi connectivity index (χ2n) is 4.39. The van der Waals surface area contributed by atoms with Gasteiger partial charge in [0.1, 0.15) is 0 Å². The largest absolute Gasteiger partial charge is 0.478 e. The average Bonchev–Trinajstić information content (AvgIpc) is 2.42. The van der Waals surface area contributed by atoms with Crippen LogP contribution < -0.4 is 10.2 Å². The van der Waals surface area contributed by atoms with E-state index in [0.29, 0.717) is 24.3 Å². The van der Waals surface area contributed by atoms with Crippen LogP contribution in [0.2, 0.25) is 0 Å². The minimum Gasteiger partial charge on any atom is -0.478 e. The van der Waals surface area contributed by atoms with Gasteiger partial charge in [-0.25, -0.2) is 4.79 Å². The summed E-state index contributed by atoms with van der Waals surface area (Å²) in [6.45, 7) is 4.54. The van der Waals surface area contributed by atoms with Crippen molar-refractivity contribution in [3.05, 3.63) is 23.8 Å². The van der Waals surface area contributed by atoms with Gasteiger partial charge in [-0.1, -0.05) is 6.07 Å². The molecule has 0 aliphatic carbocycles. The molecule has 0 saturated carbocycles. The molecule has 1 amide bonds. The molecule has 1 aliphatic rings. The first-order valence-electron chi connectivity index (χ1n) is 5.97. The first-order chi connectivity index (χ1) is 8.54. The van der Waals surface area contributed by atoms with Crippen LogP contribution in [0.1, 0.15) is 30.6 Å². The molecule has 1 aromatic rings. The number of fused-ring (bicyclic) bond motifs is 1. The number of hydrogen-bond donors (Lipinski definition) is 2. The van der Waals surface area contributed by atoms with Gasteiger partial charge in [0.2, 0.25) is 5.91 Å². The van der Waals surface area contributed by atoms with Gasteiger partial charge < -0.3 is 15.3 Å². The van der Waals surface area contributed by atoms with Crippen LogP contribution in [0, 0.1) is 0 Å². The molecular weight excluding hydrogens is 232 g/mol. The van der Waals surface area contributed by atoms with Crippen LogP contribution in [0.5, 0.6) is 0 Å². The number of rotatable bonds is 2. The quantitative estimate of drug-likeness (QED) is 0.839. The number of carbonyl (C=O) groups excluding carboxylic acids is 1. The van der Waals surface area contributed by atoms with E-state index in [4.69, 9.17) is 0 Å². The summed E-state index contributed by atoms with van der Waals surface area (Å²) < 4.78 is 0. The third kappa shape index (κ3) is 2.03. The lowest BCUT2D eigenvalue weighted by atomic mass is 10.1. The van der Waals surface area contributed by atoms with Gasteiger partial charge in [-0.2, -0.15) is 0 Å². The van der Waals surface area contributed by atoms with E-state index in [2.05, 4.69) is 5.32 Å². The molecule has 1 heterocycles. The molecule has 1 aromatic carbocycles. The fourth-order valence-electron chi connectivity index (χ4n) is 2.40. The zero-order chi connectivity index (χ0) is 13.3. The van der Waals surface area contributed by atoms with Crippen molar-refractivity contribution >= 4 is 23.3 Å². The molecule has 1 aliphatic heterocycles. The van der Waals surface area contributed by atoms with Crippen molar-refractivity contribution in [3.8, 4) is 0 Å². The summed E-state index contributed by atoms with van der Waals surface area (Å²) in [4.78, 5) is 25.0. The van der Waals surface area contributed by atoms with Crippen molar-refractivity contribution in [2.24, 2.45) is 0 Å². The van der Waals surface area contributed by atoms with Crippen LogP contribution >= 0.6 is 0 Å². The number of carbonyl (C=O) groups is 2. The molecule has 0 fully saturated rings. The lowest BCUT2D eigenvalue weighted by Crippen LogP contribution is -2.34. The maximum Gasteiger partial charge on any atom is 0.337 e. The van der Waals surface area contributed by atoms with Crippen LogP contribution in [0.25, 0.3) is 0 Å². The molecule has 0 radical (unpaired) electrons. The maximum absolute atomic E-state index is 11.7. The van der Waals surface area contributed by atoms with Crippen LogP contribution in [-0.4, -0.2) is 29.6 Å². The van der Waals surface area contributed by atoms with E-state index in [1.54, 1.807) is 18.2 Å². The Balaban J connectivity index is 2.63. The van der Waals surface area contributed by atoms with E-state index >= 15 is 0 Å². The smallest absolute Gasteiger partial charge is 0.337 e. The summed E-state index contributed by atoms with van der Waals surface area (Å²) >= 11 is 0. The molecule has 1 atom stereocenters. The van der Waals surface area contributed by atoms with Crippen LogP contribution in [0.15, 0.2) is 18.2 Å². The summed E-state index contributed by atoms with van der Waals surface area (Å²) in [7, 11) is 0. The summed E-state index contributed by atoms with van der Waals surface area (Å²) in [5.41, 5.74) is 1.40. The highest BCUT2D eigenvalue weighted by Gasteiger charge is 2.27. The van der Waals surface area contributed by atoms with Crippen LogP contribution in [-0.2, 0) is 4.79 Å². The van der Waals surface area contributed by atoms with E-state index in [9.17, 15) is 14.7 Å². The Labute approximate surface area is 105 Å². The SMILES string of the molecule is CCN1c2c(cccc2C(=O)O)NC(=O)CC1C. The fourth-order valence-corrected chi connectivity index (χ4v) is 2.40. The Morgan fingerprint density at radius 3 is 2.89 bits per heavy atom. The lowest BCUT2D eigenvalue weighted by Gasteiger charge is -2.29. The number of nitrogens with one attached hydrogen (secondary N) is 1. The highest BCUT2D eigenvalue weighted by atomic mass is 16.4. The second kappa shape index (κ2) is 4.68. The van der Waals surface area contributed by atoms with Gasteiger partial charge in [0.15, 0.2) is 0 Å². The van der Waals surface area contributed by atoms with Crippen molar-refractivity contribution < 1.29 is 14.7 Å². The summed E-state index contributed by atoms with van der Waals surface area (Å²) in [6, 6.07) is 4.93. The number of amides is 1. The standard InChI is InChI=1S/C13H16N2O3/c1-3-15-8(2)7-11(16)14-10-6-4-5-9(12(10)15)13(17)18/h4-6,8H,3,7H2,1-2H3,(H,14,16)(H,17,18). The highest BCUT2D eigenvalue weighted by Crippen LogP contribution is 2.34. The minimum absolute atomic E-state index is 0.0169. The fraction of sp³-hybridized carbons (Fsp3) is 0.385. The van der Waals surface area contributed by atoms with Gasteiger partial charge in [0.05, 0.1) is 16.9 Å². The zero-order valence-corrected chi connectivity index (χ0v) is 10.4. The molecule has 2 N–H and O–H groups in total. The molecule has 0 saturated heterocycles. The topological polar surface area (TPSA) is 69.6 Å². The lowest BCUT2D eigenvalue weighted by molar-refractivity contribution is -0.116. The van der Waals surface area contributed by atoms with Crippen LogP contribution in [0.3, 0.4) is 0 Å². The first kappa shape index (κ1) is 12.4. The van der Waals surface area contributed by atoms with Crippen molar-refractivity contribution in [1.29, 1.82) is 0 Å². The third-order valence-corrected chi connectivity index (χ3v) is 3.18. The maximum atomic E-state index is 11.7. The molecule has 96 valence electrons. The summed E-state index contributed by atoms with van der Waals surface area (Å²) in [5, 5.41) is 12.0. The predicted octanol–water partition coefficient (Wildman–Crippen LogP) is 1.94. The summed E-state index contributed by atoms with van der Waals surface area (Å²) in [6.07, 6.45) is 0.363. The number of carboxylic acid groups (broad SMARTS) is 1. The Hall–Kier alpha value is -2.04. The van der Waals surface area contributed by atoms with Gasteiger partial charge >= 0.3 is 5.97 Å². The number of para-hydroxylation sites is 1. The van der Waals surface area contributed by atoms with Crippen molar-refractivity contribution in [1.82, 2.24) is 0 Å². The number of carboxylic acids is 1. The number of aromatic carboxylic acids is 1. The molecule has 5 nitrogen and oxygen atoms in total. The number of benzene rings is 1. The molecule has 0 aromatic heterocycles. The third-order valence-electron chi connectivity index (χ3n) is 3.18. The first-order valence-corrected chi connectivity index (χ1v) is 5.97. The highest BCUT2D eigenvalue weighted by molar-refractivity contribution is 6.04. The summed E-state index contributed by atoms with van der Waals surface area (Å²) in [5.74, 6) is -1.06. The van der Waals surface area contributed by atoms with Crippen molar-refractivity contribution in [2.45, 2.75) is 26.3 Å². The monoisotopic (exact) mass is 248 g/mol. The zero-order valence-electron chi connectivity index (χ0n) is 10.4. The van der Waals surface area contributed by atoms with Crippen molar-refractivity contribution in [2.75, 3.05) is 16.8 Å². The van der Waals surface area contributed by atoms with E-state index in [1.165, 1.54) is 0 Å². The van der Waals surface area contributed by atoms with E-state index < -0.39 is 5.97 Å². The van der Waals surface area contributed by atoms with Crippen molar-refractivity contribution in [3.63, 3.8) is 0 Å². The molecular formula is C13H16N2O3. The van der Waals surface area contributed by atoms with Crippen LogP contribution in [0.4, 0.5) is 11.4 Å². The normalized spacial score (nSPS) is 18.9. The molecule has 2 rings (SSSR count). The average molecular weight is 248 g/mol. The Morgan fingerprint density at radius 2 is 2.28 bits per heavy atom. The number of nitrogens with zero attached hydrogens (tertiary/aromatic N) is 1. The molecule has 18 heavy (non-hydrogen) atoms. The molecule has 5 heteroatoms. The Morgan fingerprint density at radius 1 is 1.56 bits per heavy atom. The van der Waals surface area contributed by atoms with Gasteiger partial charge in [0.25, 0.3) is 0 Å². The van der Waals surface area contributed by atoms with E-state index in [0.717, 1.165) is 0 Å². The minimum atomic E-state index is -0.978. The van der Waals surface area contributed by atoms with E-state index in [-0.39, 0.29) is 17.5 Å². The Kier molecular flexibility index (Phi) is 3.23. The predicted molar refractivity (Wildman–Crippen MR) is 69.1 cm³/mol. The van der Waals surface area contributed by atoms with E-state index in [1.807, 2.05) is 18.7 Å². The number of anilines is 2. The van der Waals surface area contributed by atoms with Gasteiger partial charge in [-0.3, -0.25) is 4.79 Å². The molecule has 0 spiro atoms. The molecule has 1 unspecified atom stereocenters. The second-order valence-corrected chi connectivity index (χ2v) is 4.39.